The van der Waals surface area contributed by atoms with E-state index in [0.717, 1.165) is 12.0 Å². The Balaban J connectivity index is 1.35. The Morgan fingerprint density at radius 3 is 2.39 bits per heavy atom. The number of hydrogen-bond donors (Lipinski definition) is 0. The highest BCUT2D eigenvalue weighted by Crippen LogP contribution is 2.40. The molecule has 0 aromatic heterocycles. The molecule has 146 valence electrons. The molecule has 0 bridgehead atoms. The van der Waals surface area contributed by atoms with Crippen LogP contribution in [0.2, 0.25) is 0 Å². The van der Waals surface area contributed by atoms with Gasteiger partial charge in [0, 0.05) is 31.7 Å². The molecule has 5 heteroatoms. The SMILES string of the molecule is O=C(Cc1cccc(C2CC2)c1)N1CCCN(C(=O)c2ccc(F)cc2)CC1. The van der Waals surface area contributed by atoms with Crippen molar-refractivity contribution in [3.63, 3.8) is 0 Å². The van der Waals surface area contributed by atoms with E-state index in [1.165, 1.54) is 42.7 Å². The van der Waals surface area contributed by atoms with Gasteiger partial charge >= 0.3 is 0 Å². The second-order valence-electron chi connectivity index (χ2n) is 7.73. The van der Waals surface area contributed by atoms with Gasteiger partial charge in [0.25, 0.3) is 5.91 Å². The quantitative estimate of drug-likeness (QED) is 0.813. The van der Waals surface area contributed by atoms with Gasteiger partial charge in [-0.05, 0) is 60.6 Å². The topological polar surface area (TPSA) is 40.6 Å². The first-order valence-corrected chi connectivity index (χ1v) is 10.0. The molecule has 1 aliphatic heterocycles. The summed E-state index contributed by atoms with van der Waals surface area (Å²) in [5.74, 6) is 0.338. The number of halogens is 1. The Kier molecular flexibility index (Phi) is 5.42. The third-order valence-corrected chi connectivity index (χ3v) is 5.58. The van der Waals surface area contributed by atoms with Crippen LogP contribution in [-0.2, 0) is 11.2 Å². The highest BCUT2D eigenvalue weighted by molar-refractivity contribution is 5.94. The van der Waals surface area contributed by atoms with E-state index in [1.807, 2.05) is 17.0 Å². The summed E-state index contributed by atoms with van der Waals surface area (Å²) in [5, 5.41) is 0. The van der Waals surface area contributed by atoms with E-state index in [-0.39, 0.29) is 17.6 Å². The standard InChI is InChI=1S/C23H25FN2O2/c24-21-9-7-19(8-10-21)23(28)26-12-2-11-25(13-14-26)22(27)16-17-3-1-4-20(15-17)18-5-6-18/h1,3-4,7-10,15,18H,2,5-6,11-14,16H2. The number of carbonyl (C=O) groups excluding carboxylic acids is 2. The highest BCUT2D eigenvalue weighted by Gasteiger charge is 2.25. The maximum atomic E-state index is 13.1. The molecule has 2 aromatic carbocycles. The van der Waals surface area contributed by atoms with E-state index in [4.69, 9.17) is 0 Å². The van der Waals surface area contributed by atoms with Gasteiger partial charge in [0.15, 0.2) is 0 Å². The van der Waals surface area contributed by atoms with Gasteiger partial charge in [-0.25, -0.2) is 4.39 Å². The average Bonchev–Trinajstić information content (AvgIpc) is 3.55. The summed E-state index contributed by atoms with van der Waals surface area (Å²) >= 11 is 0. The predicted octanol–water partition coefficient (Wildman–Crippen LogP) is 3.62. The number of nitrogens with zero attached hydrogens (tertiary/aromatic N) is 2. The van der Waals surface area contributed by atoms with Crippen LogP contribution in [0.1, 0.15) is 46.7 Å². The second-order valence-corrected chi connectivity index (χ2v) is 7.73. The van der Waals surface area contributed by atoms with Crippen LogP contribution in [0.15, 0.2) is 48.5 Å². The summed E-state index contributed by atoms with van der Waals surface area (Å²) in [7, 11) is 0. The van der Waals surface area contributed by atoms with E-state index < -0.39 is 0 Å². The zero-order chi connectivity index (χ0) is 19.5. The first-order valence-electron chi connectivity index (χ1n) is 10.0. The second kappa shape index (κ2) is 8.13. The minimum atomic E-state index is -0.352. The number of rotatable bonds is 4. The Morgan fingerprint density at radius 1 is 0.929 bits per heavy atom. The zero-order valence-electron chi connectivity index (χ0n) is 15.9. The molecule has 0 radical (unpaired) electrons. The maximum Gasteiger partial charge on any atom is 0.253 e. The van der Waals surface area contributed by atoms with Crippen LogP contribution in [0.5, 0.6) is 0 Å². The molecule has 0 unspecified atom stereocenters. The van der Waals surface area contributed by atoms with E-state index in [9.17, 15) is 14.0 Å². The smallest absolute Gasteiger partial charge is 0.253 e. The first-order chi connectivity index (χ1) is 13.6. The summed E-state index contributed by atoms with van der Waals surface area (Å²) in [5.41, 5.74) is 2.90. The van der Waals surface area contributed by atoms with Crippen molar-refractivity contribution >= 4 is 11.8 Å². The van der Waals surface area contributed by atoms with Gasteiger partial charge in [-0.1, -0.05) is 24.3 Å². The third-order valence-electron chi connectivity index (χ3n) is 5.58. The van der Waals surface area contributed by atoms with Crippen molar-refractivity contribution in [2.24, 2.45) is 0 Å². The molecular weight excluding hydrogens is 355 g/mol. The van der Waals surface area contributed by atoms with Crippen LogP contribution in [0, 0.1) is 5.82 Å². The molecule has 2 fully saturated rings. The van der Waals surface area contributed by atoms with Gasteiger partial charge in [0.1, 0.15) is 5.82 Å². The molecule has 28 heavy (non-hydrogen) atoms. The fourth-order valence-corrected chi connectivity index (χ4v) is 3.81. The Morgan fingerprint density at radius 2 is 1.64 bits per heavy atom. The minimum Gasteiger partial charge on any atom is -0.341 e. The van der Waals surface area contributed by atoms with E-state index >= 15 is 0 Å². The lowest BCUT2D eigenvalue weighted by Crippen LogP contribution is -2.38. The fourth-order valence-electron chi connectivity index (χ4n) is 3.81. The first kappa shape index (κ1) is 18.7. The molecule has 0 spiro atoms. The zero-order valence-corrected chi connectivity index (χ0v) is 15.9. The van der Waals surface area contributed by atoms with Crippen molar-refractivity contribution in [2.75, 3.05) is 26.2 Å². The van der Waals surface area contributed by atoms with Gasteiger partial charge in [-0.3, -0.25) is 9.59 Å². The number of hydrogen-bond acceptors (Lipinski definition) is 2. The van der Waals surface area contributed by atoms with Crippen molar-refractivity contribution in [1.29, 1.82) is 0 Å². The molecule has 1 saturated heterocycles. The molecular formula is C23H25FN2O2. The van der Waals surface area contributed by atoms with Crippen molar-refractivity contribution in [3.05, 3.63) is 71.0 Å². The van der Waals surface area contributed by atoms with Crippen molar-refractivity contribution < 1.29 is 14.0 Å². The number of benzene rings is 2. The van der Waals surface area contributed by atoms with Crippen LogP contribution >= 0.6 is 0 Å². The molecule has 2 amide bonds. The molecule has 0 N–H and O–H groups in total. The van der Waals surface area contributed by atoms with Gasteiger partial charge in [0.05, 0.1) is 6.42 Å². The Labute approximate surface area is 164 Å². The van der Waals surface area contributed by atoms with Gasteiger partial charge < -0.3 is 9.80 Å². The van der Waals surface area contributed by atoms with E-state index in [2.05, 4.69) is 12.1 Å². The molecule has 0 atom stereocenters. The van der Waals surface area contributed by atoms with E-state index in [1.54, 1.807) is 4.90 Å². The summed E-state index contributed by atoms with van der Waals surface area (Å²) in [6.45, 7) is 2.31. The monoisotopic (exact) mass is 380 g/mol. The molecule has 1 aliphatic carbocycles. The molecule has 1 saturated carbocycles. The molecule has 1 heterocycles. The lowest BCUT2D eigenvalue weighted by atomic mass is 10.0. The summed E-state index contributed by atoms with van der Waals surface area (Å²) in [6, 6.07) is 14.0. The van der Waals surface area contributed by atoms with Crippen molar-refractivity contribution in [2.45, 2.75) is 31.6 Å². The molecule has 4 nitrogen and oxygen atoms in total. The summed E-state index contributed by atoms with van der Waals surface area (Å²) in [4.78, 5) is 29.0. The molecule has 2 aromatic rings. The predicted molar refractivity (Wildman–Crippen MR) is 106 cm³/mol. The van der Waals surface area contributed by atoms with Crippen LogP contribution < -0.4 is 0 Å². The number of carbonyl (C=O) groups is 2. The third kappa shape index (κ3) is 4.41. The van der Waals surface area contributed by atoms with Crippen molar-refractivity contribution in [1.82, 2.24) is 9.80 Å². The maximum absolute atomic E-state index is 13.1. The van der Waals surface area contributed by atoms with Crippen LogP contribution in [-0.4, -0.2) is 47.8 Å². The highest BCUT2D eigenvalue weighted by atomic mass is 19.1. The molecule has 4 rings (SSSR count). The lowest BCUT2D eigenvalue weighted by Gasteiger charge is -2.22. The minimum absolute atomic E-state index is 0.105. The average molecular weight is 380 g/mol. The van der Waals surface area contributed by atoms with Crippen LogP contribution in [0.4, 0.5) is 4.39 Å². The van der Waals surface area contributed by atoms with Crippen LogP contribution in [0.25, 0.3) is 0 Å². The Hall–Kier alpha value is -2.69. The lowest BCUT2D eigenvalue weighted by molar-refractivity contribution is -0.130. The van der Waals surface area contributed by atoms with Gasteiger partial charge in [0.2, 0.25) is 5.91 Å². The Bertz CT molecular complexity index is 861. The molecule has 2 aliphatic rings. The summed E-state index contributed by atoms with van der Waals surface area (Å²) < 4.78 is 13.1. The normalized spacial score (nSPS) is 17.3. The fraction of sp³-hybridized carbons (Fsp3) is 0.391. The van der Waals surface area contributed by atoms with Crippen molar-refractivity contribution in [3.8, 4) is 0 Å². The largest absolute Gasteiger partial charge is 0.341 e. The van der Waals surface area contributed by atoms with Gasteiger partial charge in [-0.15, -0.1) is 0 Å². The van der Waals surface area contributed by atoms with E-state index in [0.29, 0.717) is 44.1 Å². The summed E-state index contributed by atoms with van der Waals surface area (Å²) in [6.07, 6.45) is 3.66. The van der Waals surface area contributed by atoms with Gasteiger partial charge in [-0.2, -0.15) is 0 Å². The van der Waals surface area contributed by atoms with Crippen LogP contribution in [0.3, 0.4) is 0 Å². The number of amides is 2.